The van der Waals surface area contributed by atoms with Crippen LogP contribution in [0.4, 0.5) is 0 Å². The average Bonchev–Trinajstić information content (AvgIpc) is 2.44. The van der Waals surface area contributed by atoms with E-state index in [2.05, 4.69) is 28.2 Å². The normalized spacial score (nSPS) is 24.7. The average molecular weight is 379 g/mol. The quantitative estimate of drug-likeness (QED) is 0.705. The van der Waals surface area contributed by atoms with Gasteiger partial charge in [-0.1, -0.05) is 18.5 Å². The van der Waals surface area contributed by atoms with E-state index < -0.39 is 0 Å². The number of benzene rings is 1. The van der Waals surface area contributed by atoms with E-state index in [1.807, 2.05) is 18.2 Å². The first-order chi connectivity index (χ1) is 10.2. The molecule has 0 radical (unpaired) electrons. The van der Waals surface area contributed by atoms with Gasteiger partial charge >= 0.3 is 0 Å². The number of likely N-dealkylation sites (N-methyl/N-ethyl adjacent to an activating group) is 1. The number of hydrogen-bond acceptors (Lipinski definition) is 4. The molecule has 1 N–H and O–H groups in total. The summed E-state index contributed by atoms with van der Waals surface area (Å²) in [4.78, 5) is 0. The van der Waals surface area contributed by atoms with Crippen LogP contribution in [0.25, 0.3) is 0 Å². The van der Waals surface area contributed by atoms with Gasteiger partial charge in [-0.3, -0.25) is 0 Å². The van der Waals surface area contributed by atoms with Crippen LogP contribution in [0.3, 0.4) is 0 Å². The van der Waals surface area contributed by atoms with E-state index in [-0.39, 0.29) is 12.2 Å². The second kappa shape index (κ2) is 8.34. The molecule has 0 bridgehead atoms. The lowest BCUT2D eigenvalue weighted by Crippen LogP contribution is -2.61. The van der Waals surface area contributed by atoms with Crippen LogP contribution in [-0.4, -0.2) is 45.1 Å². The van der Waals surface area contributed by atoms with Crippen molar-refractivity contribution in [3.63, 3.8) is 0 Å². The van der Waals surface area contributed by atoms with Crippen LogP contribution in [0, 0.1) is 0 Å². The first-order valence-electron chi connectivity index (χ1n) is 7.11. The minimum atomic E-state index is 0.0441. The van der Waals surface area contributed by atoms with Gasteiger partial charge in [-0.15, -0.1) is 0 Å². The number of methoxy groups -OCH3 is 1. The number of hydrogen-bond donors (Lipinski definition) is 1. The fraction of sp³-hybridized carbons (Fsp3) is 0.600. The van der Waals surface area contributed by atoms with Gasteiger partial charge < -0.3 is 19.5 Å². The number of nitrogens with one attached hydrogen (secondary N) is 1. The monoisotopic (exact) mass is 377 g/mol. The third-order valence-electron chi connectivity index (χ3n) is 3.49. The van der Waals surface area contributed by atoms with E-state index >= 15 is 0 Å². The molecule has 1 aromatic rings. The van der Waals surface area contributed by atoms with Crippen molar-refractivity contribution in [2.75, 3.05) is 26.9 Å². The Balaban J connectivity index is 1.94. The van der Waals surface area contributed by atoms with Crippen LogP contribution in [0.1, 0.15) is 13.3 Å². The van der Waals surface area contributed by atoms with Gasteiger partial charge in [0, 0.05) is 24.6 Å². The van der Waals surface area contributed by atoms with Gasteiger partial charge in [0.05, 0.1) is 17.7 Å². The molecule has 0 amide bonds. The van der Waals surface area contributed by atoms with E-state index in [1.54, 1.807) is 7.11 Å². The highest BCUT2D eigenvalue weighted by Gasteiger charge is 2.43. The van der Waals surface area contributed by atoms with Gasteiger partial charge in [-0.2, -0.15) is 0 Å². The first kappa shape index (κ1) is 17.0. The van der Waals surface area contributed by atoms with Crippen LogP contribution in [0.5, 0.6) is 5.75 Å². The van der Waals surface area contributed by atoms with Gasteiger partial charge in [0.1, 0.15) is 18.0 Å². The van der Waals surface area contributed by atoms with Crippen LogP contribution >= 0.6 is 27.5 Å². The summed E-state index contributed by atoms with van der Waals surface area (Å²) in [5.74, 6) is 0.791. The Morgan fingerprint density at radius 3 is 2.86 bits per heavy atom. The Kier molecular flexibility index (Phi) is 6.76. The summed E-state index contributed by atoms with van der Waals surface area (Å²) in [5.41, 5.74) is 0. The summed E-state index contributed by atoms with van der Waals surface area (Å²) in [6.07, 6.45) is 1.02. The fourth-order valence-corrected chi connectivity index (χ4v) is 3.16. The highest BCUT2D eigenvalue weighted by Crippen LogP contribution is 2.34. The van der Waals surface area contributed by atoms with E-state index in [0.29, 0.717) is 24.3 Å². The Labute approximate surface area is 139 Å². The largest absolute Gasteiger partial charge is 0.486 e. The first-order valence-corrected chi connectivity index (χ1v) is 8.28. The van der Waals surface area contributed by atoms with E-state index in [0.717, 1.165) is 23.2 Å². The molecule has 21 heavy (non-hydrogen) atoms. The lowest BCUT2D eigenvalue weighted by Gasteiger charge is -2.44. The molecule has 2 rings (SSSR count). The van der Waals surface area contributed by atoms with Crippen molar-refractivity contribution >= 4 is 27.5 Å². The zero-order valence-electron chi connectivity index (χ0n) is 12.3. The smallest absolute Gasteiger partial charge is 0.134 e. The molecular weight excluding hydrogens is 358 g/mol. The zero-order chi connectivity index (χ0) is 15.2. The van der Waals surface area contributed by atoms with Crippen molar-refractivity contribution in [2.45, 2.75) is 31.6 Å². The maximum atomic E-state index is 6.04. The topological polar surface area (TPSA) is 39.7 Å². The molecule has 3 unspecified atom stereocenters. The number of halogens is 2. The summed E-state index contributed by atoms with van der Waals surface area (Å²) < 4.78 is 17.8. The van der Waals surface area contributed by atoms with Crippen molar-refractivity contribution in [1.29, 1.82) is 0 Å². The maximum absolute atomic E-state index is 6.04. The highest BCUT2D eigenvalue weighted by molar-refractivity contribution is 9.10. The Bertz CT molecular complexity index is 461. The molecule has 0 heterocycles. The lowest BCUT2D eigenvalue weighted by molar-refractivity contribution is -0.115. The van der Waals surface area contributed by atoms with Crippen molar-refractivity contribution < 1.29 is 14.2 Å². The van der Waals surface area contributed by atoms with E-state index in [1.165, 1.54) is 0 Å². The van der Waals surface area contributed by atoms with E-state index in [9.17, 15) is 0 Å². The minimum absolute atomic E-state index is 0.0441. The Morgan fingerprint density at radius 1 is 1.38 bits per heavy atom. The fourth-order valence-electron chi connectivity index (χ4n) is 2.38. The number of rotatable bonds is 8. The van der Waals surface area contributed by atoms with Gasteiger partial charge in [0.2, 0.25) is 0 Å². The molecule has 0 aromatic heterocycles. The molecule has 1 aliphatic rings. The molecule has 118 valence electrons. The van der Waals surface area contributed by atoms with Crippen LogP contribution in [0.2, 0.25) is 5.02 Å². The van der Waals surface area contributed by atoms with Crippen molar-refractivity contribution in [1.82, 2.24) is 5.32 Å². The third-order valence-corrected chi connectivity index (χ3v) is 4.34. The van der Waals surface area contributed by atoms with Gasteiger partial charge in [-0.25, -0.2) is 0 Å². The maximum Gasteiger partial charge on any atom is 0.134 e. The second-order valence-corrected chi connectivity index (χ2v) is 6.25. The van der Waals surface area contributed by atoms with Crippen molar-refractivity contribution in [2.24, 2.45) is 0 Å². The van der Waals surface area contributed by atoms with Crippen LogP contribution < -0.4 is 10.1 Å². The van der Waals surface area contributed by atoms with Gasteiger partial charge in [0.15, 0.2) is 0 Å². The molecule has 1 saturated carbocycles. The summed E-state index contributed by atoms with van der Waals surface area (Å²) >= 11 is 9.42. The molecular formula is C15H21BrClNO3. The molecule has 4 nitrogen and oxygen atoms in total. The molecule has 6 heteroatoms. The summed E-state index contributed by atoms with van der Waals surface area (Å²) in [6.45, 7) is 4.18. The highest BCUT2D eigenvalue weighted by atomic mass is 79.9. The zero-order valence-corrected chi connectivity index (χ0v) is 14.6. The van der Waals surface area contributed by atoms with Crippen molar-refractivity contribution in [3.05, 3.63) is 27.7 Å². The van der Waals surface area contributed by atoms with Crippen LogP contribution in [0.15, 0.2) is 22.7 Å². The Hall–Kier alpha value is -0.330. The summed E-state index contributed by atoms with van der Waals surface area (Å²) in [5, 5.41) is 4.10. The molecule has 1 aromatic carbocycles. The van der Waals surface area contributed by atoms with Gasteiger partial charge in [0.25, 0.3) is 0 Å². The van der Waals surface area contributed by atoms with Crippen LogP contribution in [-0.2, 0) is 9.47 Å². The summed E-state index contributed by atoms with van der Waals surface area (Å²) in [7, 11) is 1.67. The SMILES string of the molecule is CCNC1CC(Oc2ccc(Cl)cc2Br)C1OCCOC. The molecule has 0 aliphatic heterocycles. The standard InChI is InChI=1S/C15H21BrClNO3/c1-3-18-12-9-14(15(12)20-7-6-19-2)21-13-5-4-10(17)8-11(13)16/h4-5,8,12,14-15,18H,3,6-7,9H2,1-2H3. The second-order valence-electron chi connectivity index (χ2n) is 4.96. The van der Waals surface area contributed by atoms with Gasteiger partial charge in [-0.05, 0) is 40.7 Å². The predicted molar refractivity (Wildman–Crippen MR) is 87.3 cm³/mol. The predicted octanol–water partition coefficient (Wildman–Crippen LogP) is 3.26. The molecule has 3 atom stereocenters. The molecule has 0 saturated heterocycles. The minimum Gasteiger partial charge on any atom is -0.486 e. The Morgan fingerprint density at radius 2 is 2.19 bits per heavy atom. The molecule has 1 fully saturated rings. The summed E-state index contributed by atoms with van der Waals surface area (Å²) in [6, 6.07) is 5.86. The van der Waals surface area contributed by atoms with E-state index in [4.69, 9.17) is 25.8 Å². The van der Waals surface area contributed by atoms with Crippen molar-refractivity contribution in [3.8, 4) is 5.75 Å². The third kappa shape index (κ3) is 4.57. The molecule has 0 spiro atoms. The molecule has 1 aliphatic carbocycles. The lowest BCUT2D eigenvalue weighted by atomic mass is 9.85. The number of ether oxygens (including phenoxy) is 3.